The van der Waals surface area contributed by atoms with Gasteiger partial charge in [0.15, 0.2) is 5.82 Å². The van der Waals surface area contributed by atoms with E-state index >= 15 is 0 Å². The van der Waals surface area contributed by atoms with Crippen LogP contribution in [-0.2, 0) is 18.0 Å². The van der Waals surface area contributed by atoms with Gasteiger partial charge in [-0.05, 0) is 30.0 Å². The molecule has 1 aliphatic rings. The van der Waals surface area contributed by atoms with Gasteiger partial charge in [-0.3, -0.25) is 9.48 Å². The van der Waals surface area contributed by atoms with Crippen LogP contribution in [0.15, 0.2) is 24.3 Å². The number of amides is 1. The van der Waals surface area contributed by atoms with Crippen LogP contribution in [0.2, 0.25) is 0 Å². The summed E-state index contributed by atoms with van der Waals surface area (Å²) in [6.07, 6.45) is -5.68. The molecule has 11 heteroatoms. The lowest BCUT2D eigenvalue weighted by molar-refractivity contribution is -0.143. The normalized spacial score (nSPS) is 18.8. The summed E-state index contributed by atoms with van der Waals surface area (Å²) in [4.78, 5) is 13.0. The molecule has 1 aliphatic carbocycles. The first-order valence-electron chi connectivity index (χ1n) is 9.19. The number of nitrogens with one attached hydrogen (secondary N) is 1. The Kier molecular flexibility index (Phi) is 5.72. The van der Waals surface area contributed by atoms with Crippen molar-refractivity contribution in [3.05, 3.63) is 46.6 Å². The van der Waals surface area contributed by atoms with E-state index in [4.69, 9.17) is 5.26 Å². The summed E-state index contributed by atoms with van der Waals surface area (Å²) in [6, 6.07) is 8.27. The fraction of sp³-hybridized carbons (Fsp3) is 0.400. The zero-order valence-corrected chi connectivity index (χ0v) is 16.2. The maximum atomic E-state index is 13.8. The van der Waals surface area contributed by atoms with Gasteiger partial charge < -0.3 is 5.32 Å². The number of rotatable bonds is 4. The highest BCUT2D eigenvalue weighted by molar-refractivity contribution is 5.95. The molecule has 0 aliphatic heterocycles. The van der Waals surface area contributed by atoms with E-state index in [9.17, 15) is 32.0 Å². The van der Waals surface area contributed by atoms with Gasteiger partial charge in [-0.15, -0.1) is 0 Å². The van der Waals surface area contributed by atoms with Crippen LogP contribution in [-0.4, -0.2) is 21.6 Å². The second-order valence-electron chi connectivity index (χ2n) is 7.39. The van der Waals surface area contributed by atoms with Crippen molar-refractivity contribution in [3.8, 4) is 12.1 Å². The molecule has 0 spiro atoms. The smallest absolute Gasteiger partial charge is 0.309 e. The number of hydrogen-bond acceptors (Lipinski definition) is 4. The highest BCUT2D eigenvalue weighted by atomic mass is 19.4. The Bertz CT molecular complexity index is 1090. The van der Waals surface area contributed by atoms with Crippen LogP contribution in [0.3, 0.4) is 0 Å². The van der Waals surface area contributed by atoms with Gasteiger partial charge in [-0.2, -0.15) is 28.8 Å². The number of aromatic nitrogens is 2. The molecule has 31 heavy (non-hydrogen) atoms. The van der Waals surface area contributed by atoms with Gasteiger partial charge in [0, 0.05) is 26.0 Å². The molecule has 1 aromatic heterocycles. The lowest BCUT2D eigenvalue weighted by Gasteiger charge is -2.23. The Hall–Kier alpha value is -3.47. The van der Waals surface area contributed by atoms with Gasteiger partial charge in [-0.25, -0.2) is 8.78 Å². The molecule has 6 nitrogen and oxygen atoms in total. The lowest BCUT2D eigenvalue weighted by atomic mass is 9.83. The van der Waals surface area contributed by atoms with Crippen molar-refractivity contribution in [3.63, 3.8) is 0 Å². The quantitative estimate of drug-likeness (QED) is 0.720. The second-order valence-corrected chi connectivity index (χ2v) is 7.39. The predicted octanol–water partition coefficient (Wildman–Crippen LogP) is 4.34. The molecule has 1 amide bonds. The first kappa shape index (κ1) is 22.2. The minimum Gasteiger partial charge on any atom is -0.309 e. The van der Waals surface area contributed by atoms with Crippen LogP contribution < -0.4 is 5.32 Å². The third kappa shape index (κ3) is 4.66. The monoisotopic (exact) mass is 437 g/mol. The highest BCUT2D eigenvalue weighted by Crippen LogP contribution is 2.46. The average molecular weight is 437 g/mol. The van der Waals surface area contributed by atoms with E-state index in [-0.39, 0.29) is 28.9 Å². The Morgan fingerprint density at radius 2 is 1.94 bits per heavy atom. The summed E-state index contributed by atoms with van der Waals surface area (Å²) < 4.78 is 67.2. The standard InChI is InChI=1S/C20H16F5N5O/c1-30-15(20(23,24)25)7-16(29-30)28-18(31)17(12-4-5-19(21,22)8-12)11-2-3-13(9-26)14(6-11)10-27/h2-3,6-7,12,17H,4-5,8H2,1H3,(H,28,29,31)/t12-,17-/m1/s1. The van der Waals surface area contributed by atoms with Crippen molar-refractivity contribution in [2.24, 2.45) is 13.0 Å². The van der Waals surface area contributed by atoms with Gasteiger partial charge in [-0.1, -0.05) is 6.07 Å². The molecule has 2 aromatic rings. The van der Waals surface area contributed by atoms with Crippen molar-refractivity contribution in [1.29, 1.82) is 10.5 Å². The topological polar surface area (TPSA) is 94.5 Å². The zero-order valence-electron chi connectivity index (χ0n) is 16.2. The third-order valence-corrected chi connectivity index (χ3v) is 5.26. The summed E-state index contributed by atoms with van der Waals surface area (Å²) in [6.45, 7) is 0. The second kappa shape index (κ2) is 7.99. The van der Waals surface area contributed by atoms with Crippen molar-refractivity contribution in [1.82, 2.24) is 9.78 Å². The molecule has 1 fully saturated rings. The molecule has 1 N–H and O–H groups in total. The highest BCUT2D eigenvalue weighted by Gasteiger charge is 2.45. The molecule has 0 unspecified atom stereocenters. The summed E-state index contributed by atoms with van der Waals surface area (Å²) in [5.41, 5.74) is -0.832. The molecule has 0 bridgehead atoms. The SMILES string of the molecule is Cn1nc(NC(=O)[C@H](c2ccc(C#N)c(C#N)c2)[C@@H]2CCC(F)(F)C2)cc1C(F)(F)F. The van der Waals surface area contributed by atoms with Gasteiger partial charge >= 0.3 is 6.18 Å². The summed E-state index contributed by atoms with van der Waals surface area (Å²) in [5, 5.41) is 24.2. The predicted molar refractivity (Wildman–Crippen MR) is 97.7 cm³/mol. The number of nitriles is 2. The molecule has 0 saturated heterocycles. The first-order chi connectivity index (χ1) is 14.4. The number of benzene rings is 1. The van der Waals surface area contributed by atoms with Crippen molar-refractivity contribution < 1.29 is 26.7 Å². The van der Waals surface area contributed by atoms with Crippen molar-refractivity contribution in [2.45, 2.75) is 37.3 Å². The Morgan fingerprint density at radius 1 is 1.26 bits per heavy atom. The maximum absolute atomic E-state index is 13.8. The number of carbonyl (C=O) groups is 1. The van der Waals surface area contributed by atoms with Crippen LogP contribution >= 0.6 is 0 Å². The largest absolute Gasteiger partial charge is 0.433 e. The number of hydrogen-bond donors (Lipinski definition) is 1. The van der Waals surface area contributed by atoms with Gasteiger partial charge in [0.2, 0.25) is 11.8 Å². The maximum Gasteiger partial charge on any atom is 0.433 e. The van der Waals surface area contributed by atoms with Crippen LogP contribution in [0, 0.1) is 28.6 Å². The Labute approximate surface area is 173 Å². The van der Waals surface area contributed by atoms with Crippen LogP contribution in [0.1, 0.15) is 47.6 Å². The molecule has 0 radical (unpaired) electrons. The zero-order chi connectivity index (χ0) is 23.0. The summed E-state index contributed by atoms with van der Waals surface area (Å²) in [5.74, 6) is -6.13. The summed E-state index contributed by atoms with van der Waals surface area (Å²) >= 11 is 0. The lowest BCUT2D eigenvalue weighted by Crippen LogP contribution is -2.28. The first-order valence-corrected chi connectivity index (χ1v) is 9.19. The van der Waals surface area contributed by atoms with E-state index < -0.39 is 48.4 Å². The Balaban J connectivity index is 1.97. The number of nitrogens with zero attached hydrogens (tertiary/aromatic N) is 4. The molecule has 1 saturated carbocycles. The number of halogens is 5. The molecule has 1 heterocycles. The van der Waals surface area contributed by atoms with Gasteiger partial charge in [0.05, 0.1) is 17.0 Å². The van der Waals surface area contributed by atoms with E-state index in [0.29, 0.717) is 10.7 Å². The fourth-order valence-electron chi connectivity index (χ4n) is 3.85. The number of aryl methyl sites for hydroxylation is 1. The van der Waals surface area contributed by atoms with Crippen molar-refractivity contribution >= 4 is 11.7 Å². The molecular weight excluding hydrogens is 421 g/mol. The summed E-state index contributed by atoms with van der Waals surface area (Å²) in [7, 11) is 1.06. The molecular formula is C20H16F5N5O. The molecule has 2 atom stereocenters. The van der Waals surface area contributed by atoms with E-state index in [0.717, 1.165) is 7.05 Å². The van der Waals surface area contributed by atoms with Crippen LogP contribution in [0.25, 0.3) is 0 Å². The van der Waals surface area contributed by atoms with E-state index in [2.05, 4.69) is 10.4 Å². The number of alkyl halides is 5. The average Bonchev–Trinajstić information content (AvgIpc) is 3.23. The minimum absolute atomic E-state index is 0.0169. The molecule has 1 aromatic carbocycles. The molecule has 3 rings (SSSR count). The van der Waals surface area contributed by atoms with E-state index in [1.165, 1.54) is 18.2 Å². The fourth-order valence-corrected chi connectivity index (χ4v) is 3.85. The number of anilines is 1. The van der Waals surface area contributed by atoms with E-state index in [1.54, 1.807) is 0 Å². The van der Waals surface area contributed by atoms with Crippen LogP contribution in [0.5, 0.6) is 0 Å². The van der Waals surface area contributed by atoms with Gasteiger partial charge in [0.1, 0.15) is 17.8 Å². The van der Waals surface area contributed by atoms with Crippen molar-refractivity contribution in [2.75, 3.05) is 5.32 Å². The Morgan fingerprint density at radius 3 is 2.45 bits per heavy atom. The molecule has 162 valence electrons. The van der Waals surface area contributed by atoms with Crippen LogP contribution in [0.4, 0.5) is 27.8 Å². The number of carbonyl (C=O) groups excluding carboxylic acids is 1. The van der Waals surface area contributed by atoms with E-state index in [1.807, 2.05) is 12.1 Å². The van der Waals surface area contributed by atoms with Gasteiger partial charge in [0.25, 0.3) is 0 Å². The minimum atomic E-state index is -4.69. The third-order valence-electron chi connectivity index (χ3n) is 5.26.